The van der Waals surface area contributed by atoms with Crippen molar-refractivity contribution in [2.24, 2.45) is 16.7 Å². The highest BCUT2D eigenvalue weighted by Crippen LogP contribution is 2.62. The Morgan fingerprint density at radius 1 is 1.07 bits per heavy atom. The average Bonchev–Trinajstić information content (AvgIpc) is 3.17. The fraction of sp³-hybridized carbons (Fsp3) is 0.652. The molecule has 0 unspecified atom stereocenters. The zero-order valence-corrected chi connectivity index (χ0v) is 17.5. The molecule has 2 atom stereocenters. The van der Waals surface area contributed by atoms with E-state index in [1.165, 1.54) is 0 Å². The van der Waals surface area contributed by atoms with Crippen LogP contribution in [0.4, 0.5) is 0 Å². The summed E-state index contributed by atoms with van der Waals surface area (Å²) >= 11 is 0. The number of nitrogens with zero attached hydrogens (tertiary/aromatic N) is 3. The van der Waals surface area contributed by atoms with E-state index in [-0.39, 0.29) is 16.7 Å². The van der Waals surface area contributed by atoms with Gasteiger partial charge >= 0.3 is 0 Å². The summed E-state index contributed by atoms with van der Waals surface area (Å²) in [5.41, 5.74) is 1.09. The van der Waals surface area contributed by atoms with Crippen molar-refractivity contribution >= 4 is 11.8 Å². The van der Waals surface area contributed by atoms with Gasteiger partial charge in [-0.25, -0.2) is 0 Å². The molecule has 0 aromatic heterocycles. The molecule has 1 aromatic rings. The Morgan fingerprint density at radius 3 is 2.39 bits per heavy atom. The Bertz CT molecular complexity index is 739. The molecule has 4 rings (SSSR count). The van der Waals surface area contributed by atoms with Crippen molar-refractivity contribution < 1.29 is 9.59 Å². The smallest absolute Gasteiger partial charge is 0.229 e. The van der Waals surface area contributed by atoms with E-state index in [4.69, 9.17) is 0 Å². The summed E-state index contributed by atoms with van der Waals surface area (Å²) in [5.74, 6) is 0.964. The van der Waals surface area contributed by atoms with Gasteiger partial charge in [-0.05, 0) is 49.6 Å². The van der Waals surface area contributed by atoms with Crippen LogP contribution in [0.25, 0.3) is 0 Å². The number of carbonyl (C=O) groups excluding carboxylic acids is 2. The number of likely N-dealkylation sites (tertiary alicyclic amines) is 2. The van der Waals surface area contributed by atoms with Gasteiger partial charge in [0.2, 0.25) is 11.8 Å². The molecule has 5 nitrogen and oxygen atoms in total. The van der Waals surface area contributed by atoms with Gasteiger partial charge in [0.1, 0.15) is 0 Å². The van der Waals surface area contributed by atoms with Gasteiger partial charge in [0, 0.05) is 40.3 Å². The minimum atomic E-state index is -0.214. The van der Waals surface area contributed by atoms with Gasteiger partial charge in [-0.2, -0.15) is 0 Å². The highest BCUT2D eigenvalue weighted by atomic mass is 16.2. The lowest BCUT2D eigenvalue weighted by Crippen LogP contribution is -2.49. The van der Waals surface area contributed by atoms with Gasteiger partial charge in [0.15, 0.2) is 0 Å². The second kappa shape index (κ2) is 7.18. The quantitative estimate of drug-likeness (QED) is 0.804. The molecule has 5 heteroatoms. The molecule has 2 amide bonds. The Morgan fingerprint density at radius 2 is 1.75 bits per heavy atom. The molecule has 28 heavy (non-hydrogen) atoms. The first-order valence-electron chi connectivity index (χ1n) is 10.6. The fourth-order valence-corrected chi connectivity index (χ4v) is 6.27. The van der Waals surface area contributed by atoms with Crippen LogP contribution in [0, 0.1) is 16.7 Å². The van der Waals surface area contributed by atoms with Crippen LogP contribution in [0.2, 0.25) is 0 Å². The van der Waals surface area contributed by atoms with Crippen LogP contribution in [0.3, 0.4) is 0 Å². The van der Waals surface area contributed by atoms with E-state index >= 15 is 0 Å². The Labute approximate surface area is 168 Å². The summed E-state index contributed by atoms with van der Waals surface area (Å²) in [6, 6.07) is 10.0. The first-order chi connectivity index (χ1) is 13.4. The minimum Gasteiger partial charge on any atom is -0.348 e. The van der Waals surface area contributed by atoms with Crippen molar-refractivity contribution in [3.05, 3.63) is 35.9 Å². The first-order valence-corrected chi connectivity index (χ1v) is 10.6. The molecule has 0 N–H and O–H groups in total. The van der Waals surface area contributed by atoms with Crippen LogP contribution in [0.5, 0.6) is 0 Å². The molecule has 0 radical (unpaired) electrons. The zero-order valence-electron chi connectivity index (χ0n) is 17.5. The predicted octanol–water partition coefficient (Wildman–Crippen LogP) is 2.27. The van der Waals surface area contributed by atoms with Gasteiger partial charge in [-0.15, -0.1) is 0 Å². The monoisotopic (exact) mass is 383 g/mol. The average molecular weight is 384 g/mol. The lowest BCUT2D eigenvalue weighted by molar-refractivity contribution is -0.142. The summed E-state index contributed by atoms with van der Waals surface area (Å²) in [6.07, 6.45) is 4.69. The van der Waals surface area contributed by atoms with Crippen LogP contribution >= 0.6 is 0 Å². The molecule has 2 heterocycles. The van der Waals surface area contributed by atoms with Gasteiger partial charge in [0.25, 0.3) is 0 Å². The third kappa shape index (κ3) is 3.14. The fourth-order valence-electron chi connectivity index (χ4n) is 6.27. The largest absolute Gasteiger partial charge is 0.348 e. The number of rotatable bonds is 3. The summed E-state index contributed by atoms with van der Waals surface area (Å²) in [4.78, 5) is 32.1. The minimum absolute atomic E-state index is 0.214. The van der Waals surface area contributed by atoms with Crippen molar-refractivity contribution in [1.82, 2.24) is 14.7 Å². The molecule has 2 aliphatic heterocycles. The number of fused-ring (bicyclic) bond motifs is 2. The Hall–Kier alpha value is -1.88. The maximum atomic E-state index is 13.1. The van der Waals surface area contributed by atoms with Crippen LogP contribution in [-0.4, -0.2) is 73.8 Å². The van der Waals surface area contributed by atoms with Crippen molar-refractivity contribution in [1.29, 1.82) is 0 Å². The third-order valence-electron chi connectivity index (χ3n) is 7.66. The van der Waals surface area contributed by atoms with Crippen LogP contribution < -0.4 is 0 Å². The van der Waals surface area contributed by atoms with Gasteiger partial charge < -0.3 is 14.7 Å². The van der Waals surface area contributed by atoms with Crippen molar-refractivity contribution in [2.75, 3.05) is 47.3 Å². The molecule has 2 saturated heterocycles. The highest BCUT2D eigenvalue weighted by Gasteiger charge is 2.64. The number of hydrogen-bond donors (Lipinski definition) is 0. The maximum Gasteiger partial charge on any atom is 0.229 e. The molecule has 1 aliphatic carbocycles. The zero-order chi connectivity index (χ0) is 19.9. The Balaban J connectivity index is 1.45. The SMILES string of the molecule is CN1C[C@H]2C3(CCN(C(=O)Cc4ccccc4)CC3)CC[C@@]2(C(=O)N(C)C)C1. The van der Waals surface area contributed by atoms with E-state index in [9.17, 15) is 9.59 Å². The number of hydrogen-bond acceptors (Lipinski definition) is 3. The first kappa shape index (κ1) is 19.4. The third-order valence-corrected chi connectivity index (χ3v) is 7.66. The number of benzene rings is 1. The lowest BCUT2D eigenvalue weighted by atomic mass is 9.65. The normalized spacial score (nSPS) is 29.1. The highest BCUT2D eigenvalue weighted by molar-refractivity contribution is 5.84. The van der Waals surface area contributed by atoms with E-state index in [0.29, 0.717) is 18.2 Å². The number of carbonyl (C=O) groups is 2. The van der Waals surface area contributed by atoms with Crippen LogP contribution in [0.15, 0.2) is 30.3 Å². The predicted molar refractivity (Wildman–Crippen MR) is 110 cm³/mol. The molecule has 1 saturated carbocycles. The van der Waals surface area contributed by atoms with E-state index in [2.05, 4.69) is 11.9 Å². The maximum absolute atomic E-state index is 13.1. The molecular formula is C23H33N3O2. The molecule has 152 valence electrons. The van der Waals surface area contributed by atoms with E-state index in [1.807, 2.05) is 49.3 Å². The van der Waals surface area contributed by atoms with E-state index in [0.717, 1.165) is 57.4 Å². The van der Waals surface area contributed by atoms with E-state index in [1.54, 1.807) is 4.90 Å². The van der Waals surface area contributed by atoms with Crippen LogP contribution in [0.1, 0.15) is 31.2 Å². The van der Waals surface area contributed by atoms with Crippen molar-refractivity contribution in [2.45, 2.75) is 32.1 Å². The Kier molecular flexibility index (Phi) is 4.98. The van der Waals surface area contributed by atoms with Crippen molar-refractivity contribution in [3.63, 3.8) is 0 Å². The molecule has 3 fully saturated rings. The second-order valence-corrected chi connectivity index (χ2v) is 9.51. The lowest BCUT2D eigenvalue weighted by Gasteiger charge is -2.44. The second-order valence-electron chi connectivity index (χ2n) is 9.51. The summed E-state index contributed by atoms with van der Waals surface area (Å²) in [5, 5.41) is 0. The number of amides is 2. The number of piperidine rings is 1. The van der Waals surface area contributed by atoms with Gasteiger partial charge in [0.05, 0.1) is 11.8 Å². The standard InChI is InChI=1S/C23H33N3O2/c1-24(2)21(28)23-10-9-22(19(23)16-25(3)17-23)11-13-26(14-12-22)20(27)15-18-7-5-4-6-8-18/h4-8,19H,9-17H2,1-3H3/t19-,23+/m0/s1. The molecule has 1 aromatic carbocycles. The molecule has 0 bridgehead atoms. The topological polar surface area (TPSA) is 43.9 Å². The van der Waals surface area contributed by atoms with Gasteiger partial charge in [-0.3, -0.25) is 9.59 Å². The van der Waals surface area contributed by atoms with Crippen molar-refractivity contribution in [3.8, 4) is 0 Å². The molecule has 1 spiro atoms. The summed E-state index contributed by atoms with van der Waals surface area (Å²) in [6.45, 7) is 3.56. The van der Waals surface area contributed by atoms with E-state index < -0.39 is 0 Å². The molecule has 3 aliphatic rings. The summed E-state index contributed by atoms with van der Waals surface area (Å²) in [7, 11) is 5.93. The molecular weight excluding hydrogens is 350 g/mol. The van der Waals surface area contributed by atoms with Crippen LogP contribution in [-0.2, 0) is 16.0 Å². The van der Waals surface area contributed by atoms with Gasteiger partial charge in [-0.1, -0.05) is 30.3 Å². The summed E-state index contributed by atoms with van der Waals surface area (Å²) < 4.78 is 0.